The van der Waals surface area contributed by atoms with E-state index in [4.69, 9.17) is 12.2 Å². The van der Waals surface area contributed by atoms with Crippen molar-refractivity contribution in [2.24, 2.45) is 0 Å². The standard InChI is InChI=1S/C20H11N3OS2/c21-10-14-11-22-16-7-6-12(9-17-19(24)23-20(25)26-17)8-15(16)18(14)13-4-2-1-3-5-13/h1-9,11H,(H,23,24,25)/b17-9-. The van der Waals surface area contributed by atoms with Crippen LogP contribution >= 0.6 is 24.0 Å². The molecule has 1 N–H and O–H groups in total. The SMILES string of the molecule is N#Cc1cnc2ccc(/C=C3\SC(=S)NC3=O)cc2c1-c1ccccc1. The molecule has 26 heavy (non-hydrogen) atoms. The van der Waals surface area contributed by atoms with Gasteiger partial charge >= 0.3 is 0 Å². The molecule has 1 aliphatic rings. The third-order valence-electron chi connectivity index (χ3n) is 4.01. The van der Waals surface area contributed by atoms with Crippen LogP contribution in [-0.4, -0.2) is 15.2 Å². The quantitative estimate of drug-likeness (QED) is 0.537. The highest BCUT2D eigenvalue weighted by atomic mass is 32.2. The van der Waals surface area contributed by atoms with Gasteiger partial charge in [-0.15, -0.1) is 0 Å². The van der Waals surface area contributed by atoms with E-state index in [2.05, 4.69) is 16.4 Å². The van der Waals surface area contributed by atoms with E-state index in [9.17, 15) is 10.1 Å². The number of thiocarbonyl (C=S) groups is 1. The second-order valence-corrected chi connectivity index (χ2v) is 7.37. The minimum Gasteiger partial charge on any atom is -0.307 e. The van der Waals surface area contributed by atoms with Crippen LogP contribution in [0.5, 0.6) is 0 Å². The number of benzene rings is 2. The summed E-state index contributed by atoms with van der Waals surface area (Å²) < 4.78 is 0.459. The normalized spacial score (nSPS) is 15.3. The number of pyridine rings is 1. The molecular weight excluding hydrogens is 362 g/mol. The van der Waals surface area contributed by atoms with Crippen molar-refractivity contribution < 1.29 is 4.79 Å². The summed E-state index contributed by atoms with van der Waals surface area (Å²) in [5, 5.41) is 13.0. The molecule has 0 atom stereocenters. The Balaban J connectivity index is 1.93. The molecule has 0 saturated carbocycles. The van der Waals surface area contributed by atoms with Gasteiger partial charge in [-0.1, -0.05) is 60.4 Å². The third kappa shape index (κ3) is 2.99. The maximum absolute atomic E-state index is 11.9. The molecule has 0 spiro atoms. The lowest BCUT2D eigenvalue weighted by atomic mass is 9.96. The van der Waals surface area contributed by atoms with E-state index in [1.165, 1.54) is 11.8 Å². The molecule has 3 aromatic rings. The van der Waals surface area contributed by atoms with E-state index in [0.717, 1.165) is 27.6 Å². The van der Waals surface area contributed by atoms with Crippen molar-refractivity contribution in [2.45, 2.75) is 0 Å². The summed E-state index contributed by atoms with van der Waals surface area (Å²) in [5.41, 5.74) is 3.97. The molecule has 2 aromatic carbocycles. The number of thioether (sulfide) groups is 1. The molecule has 0 bridgehead atoms. The van der Waals surface area contributed by atoms with Crippen LogP contribution in [0.3, 0.4) is 0 Å². The Morgan fingerprint density at radius 1 is 1.19 bits per heavy atom. The van der Waals surface area contributed by atoms with E-state index in [0.29, 0.717) is 14.8 Å². The summed E-state index contributed by atoms with van der Waals surface area (Å²) >= 11 is 6.27. The highest BCUT2D eigenvalue weighted by Gasteiger charge is 2.22. The molecule has 4 rings (SSSR count). The summed E-state index contributed by atoms with van der Waals surface area (Å²) in [7, 11) is 0. The van der Waals surface area contributed by atoms with Gasteiger partial charge in [0.25, 0.3) is 5.91 Å². The van der Waals surface area contributed by atoms with Gasteiger partial charge in [0, 0.05) is 17.1 Å². The first-order valence-electron chi connectivity index (χ1n) is 7.79. The highest BCUT2D eigenvalue weighted by Crippen LogP contribution is 2.33. The number of fused-ring (bicyclic) bond motifs is 1. The number of nitriles is 1. The lowest BCUT2D eigenvalue weighted by molar-refractivity contribution is -0.115. The maximum atomic E-state index is 11.9. The molecule has 1 aromatic heterocycles. The molecule has 1 aliphatic heterocycles. The van der Waals surface area contributed by atoms with Crippen LogP contribution < -0.4 is 5.32 Å². The molecule has 1 amide bonds. The van der Waals surface area contributed by atoms with Gasteiger partial charge in [0.2, 0.25) is 0 Å². The Morgan fingerprint density at radius 2 is 2.00 bits per heavy atom. The van der Waals surface area contributed by atoms with Gasteiger partial charge in [-0.3, -0.25) is 9.78 Å². The molecule has 4 nitrogen and oxygen atoms in total. The average Bonchev–Trinajstić information content (AvgIpc) is 2.98. The Labute approximate surface area is 159 Å². The molecule has 0 aliphatic carbocycles. The Bertz CT molecular complexity index is 1130. The summed E-state index contributed by atoms with van der Waals surface area (Å²) in [4.78, 5) is 16.8. The van der Waals surface area contributed by atoms with Crippen molar-refractivity contribution in [3.63, 3.8) is 0 Å². The first kappa shape index (κ1) is 16.5. The van der Waals surface area contributed by atoms with E-state index < -0.39 is 0 Å². The second kappa shape index (κ2) is 6.71. The smallest absolute Gasteiger partial charge is 0.263 e. The fraction of sp³-hybridized carbons (Fsp3) is 0. The molecule has 0 unspecified atom stereocenters. The van der Waals surface area contributed by atoms with Crippen molar-refractivity contribution in [3.05, 3.63) is 70.8 Å². The van der Waals surface area contributed by atoms with Crippen molar-refractivity contribution >= 4 is 51.2 Å². The Hall–Kier alpha value is -3.01. The van der Waals surface area contributed by atoms with E-state index in [-0.39, 0.29) is 5.91 Å². The summed E-state index contributed by atoms with van der Waals surface area (Å²) in [6.45, 7) is 0. The Kier molecular flexibility index (Phi) is 4.25. The van der Waals surface area contributed by atoms with Gasteiger partial charge in [-0.25, -0.2) is 0 Å². The Morgan fingerprint density at radius 3 is 2.69 bits per heavy atom. The van der Waals surface area contributed by atoms with Crippen LogP contribution in [0.2, 0.25) is 0 Å². The topological polar surface area (TPSA) is 65.8 Å². The fourth-order valence-electron chi connectivity index (χ4n) is 2.87. The minimum absolute atomic E-state index is 0.188. The number of amides is 1. The predicted molar refractivity (Wildman–Crippen MR) is 108 cm³/mol. The van der Waals surface area contributed by atoms with Gasteiger partial charge in [0.15, 0.2) is 0 Å². The number of carbonyl (C=O) groups is 1. The lowest BCUT2D eigenvalue weighted by Crippen LogP contribution is -2.17. The lowest BCUT2D eigenvalue weighted by Gasteiger charge is -2.09. The van der Waals surface area contributed by atoms with Crippen molar-refractivity contribution in [2.75, 3.05) is 0 Å². The molecule has 2 heterocycles. The van der Waals surface area contributed by atoms with Gasteiger partial charge in [0.05, 0.1) is 16.0 Å². The predicted octanol–water partition coefficient (Wildman–Crippen LogP) is 4.26. The van der Waals surface area contributed by atoms with Gasteiger partial charge in [-0.05, 0) is 29.3 Å². The minimum atomic E-state index is -0.188. The maximum Gasteiger partial charge on any atom is 0.263 e. The highest BCUT2D eigenvalue weighted by molar-refractivity contribution is 8.26. The number of rotatable bonds is 2. The van der Waals surface area contributed by atoms with Gasteiger partial charge in [0.1, 0.15) is 10.4 Å². The average molecular weight is 373 g/mol. The van der Waals surface area contributed by atoms with Crippen LogP contribution in [0.25, 0.3) is 28.1 Å². The molecule has 6 heteroatoms. The van der Waals surface area contributed by atoms with Crippen molar-refractivity contribution in [3.8, 4) is 17.2 Å². The summed E-state index contributed by atoms with van der Waals surface area (Å²) in [6.07, 6.45) is 3.40. The summed E-state index contributed by atoms with van der Waals surface area (Å²) in [5.74, 6) is -0.188. The number of nitrogens with zero attached hydrogens (tertiary/aromatic N) is 2. The van der Waals surface area contributed by atoms with Crippen LogP contribution in [0.15, 0.2) is 59.6 Å². The van der Waals surface area contributed by atoms with Crippen LogP contribution in [0, 0.1) is 11.3 Å². The molecule has 1 saturated heterocycles. The van der Waals surface area contributed by atoms with Gasteiger partial charge in [-0.2, -0.15) is 5.26 Å². The zero-order valence-corrected chi connectivity index (χ0v) is 15.0. The molecule has 124 valence electrons. The second-order valence-electron chi connectivity index (χ2n) is 5.65. The van der Waals surface area contributed by atoms with Gasteiger partial charge < -0.3 is 5.32 Å². The number of aromatic nitrogens is 1. The zero-order valence-electron chi connectivity index (χ0n) is 13.4. The van der Waals surface area contributed by atoms with E-state index >= 15 is 0 Å². The number of hydrogen-bond acceptors (Lipinski definition) is 5. The van der Waals surface area contributed by atoms with Crippen LogP contribution in [0.1, 0.15) is 11.1 Å². The molecular formula is C20H11N3OS2. The molecule has 0 radical (unpaired) electrons. The number of nitrogens with one attached hydrogen (secondary N) is 1. The first-order valence-corrected chi connectivity index (χ1v) is 9.01. The van der Waals surface area contributed by atoms with Crippen LogP contribution in [-0.2, 0) is 4.79 Å². The van der Waals surface area contributed by atoms with E-state index in [1.807, 2.05) is 48.5 Å². The zero-order chi connectivity index (χ0) is 18.1. The largest absolute Gasteiger partial charge is 0.307 e. The van der Waals surface area contributed by atoms with Crippen molar-refractivity contribution in [1.29, 1.82) is 5.26 Å². The van der Waals surface area contributed by atoms with E-state index in [1.54, 1.807) is 12.3 Å². The number of carbonyl (C=O) groups excluding carboxylic acids is 1. The third-order valence-corrected chi connectivity index (χ3v) is 5.18. The van der Waals surface area contributed by atoms with Crippen molar-refractivity contribution in [1.82, 2.24) is 10.3 Å². The first-order chi connectivity index (χ1) is 12.7. The van der Waals surface area contributed by atoms with Crippen LogP contribution in [0.4, 0.5) is 0 Å². The molecule has 1 fully saturated rings. The fourth-order valence-corrected chi connectivity index (χ4v) is 3.92. The monoisotopic (exact) mass is 373 g/mol. The number of hydrogen-bond donors (Lipinski definition) is 1. The summed E-state index contributed by atoms with van der Waals surface area (Å²) in [6, 6.07) is 17.7.